The highest BCUT2D eigenvalue weighted by Gasteiger charge is 2.54. The Morgan fingerprint density at radius 3 is 2.22 bits per heavy atom. The minimum atomic E-state index is -4.04. The van der Waals surface area contributed by atoms with Crippen LogP contribution >= 0.6 is 11.6 Å². The lowest BCUT2D eigenvalue weighted by Crippen LogP contribution is -2.51. The SMILES string of the molecule is CC(=O)NC[C@]1(O)CC2CCC(C1)[C@@H]2S(=O)(=O)c1cc(C(=O)Nc2cc(F)c(F)c(F)c2)ccc1Cl. The van der Waals surface area contributed by atoms with Crippen molar-refractivity contribution in [2.45, 2.75) is 48.4 Å². The molecule has 2 saturated carbocycles. The molecule has 12 heteroatoms. The smallest absolute Gasteiger partial charge is 0.255 e. The number of nitrogens with one attached hydrogen (secondary N) is 2. The van der Waals surface area contributed by atoms with E-state index in [2.05, 4.69) is 10.6 Å². The highest BCUT2D eigenvalue weighted by molar-refractivity contribution is 7.92. The number of sulfone groups is 1. The maximum atomic E-state index is 13.7. The second kappa shape index (κ2) is 9.68. The quantitative estimate of drug-likeness (QED) is 0.478. The Morgan fingerprint density at radius 1 is 1.08 bits per heavy atom. The van der Waals surface area contributed by atoms with Gasteiger partial charge in [0.15, 0.2) is 27.3 Å². The van der Waals surface area contributed by atoms with Gasteiger partial charge in [-0.3, -0.25) is 9.59 Å². The third-order valence-electron chi connectivity index (χ3n) is 6.89. The van der Waals surface area contributed by atoms with Crippen molar-refractivity contribution in [2.24, 2.45) is 11.8 Å². The van der Waals surface area contributed by atoms with Gasteiger partial charge in [-0.2, -0.15) is 0 Å². The average Bonchev–Trinajstić information content (AvgIpc) is 3.09. The minimum absolute atomic E-state index is 0.0308. The Balaban J connectivity index is 1.59. The molecule has 2 aliphatic rings. The van der Waals surface area contributed by atoms with Crippen molar-refractivity contribution in [1.82, 2.24) is 5.32 Å². The molecule has 2 amide bonds. The first-order valence-electron chi connectivity index (χ1n) is 11.3. The Morgan fingerprint density at radius 2 is 1.67 bits per heavy atom. The molecule has 2 atom stereocenters. The number of rotatable bonds is 6. The minimum Gasteiger partial charge on any atom is -0.388 e. The van der Waals surface area contributed by atoms with Gasteiger partial charge >= 0.3 is 0 Å². The van der Waals surface area contributed by atoms with Crippen LogP contribution in [-0.2, 0) is 14.6 Å². The molecular weight excluding hydrogens is 521 g/mol. The van der Waals surface area contributed by atoms with Crippen LogP contribution in [0, 0.1) is 29.3 Å². The first-order valence-corrected chi connectivity index (χ1v) is 13.2. The van der Waals surface area contributed by atoms with Crippen molar-refractivity contribution in [3.05, 3.63) is 58.4 Å². The molecule has 2 aromatic rings. The van der Waals surface area contributed by atoms with Crippen LogP contribution in [0.25, 0.3) is 0 Å². The number of carbonyl (C=O) groups excluding carboxylic acids is 2. The number of hydrogen-bond acceptors (Lipinski definition) is 5. The molecule has 2 aromatic carbocycles. The normalized spacial score (nSPS) is 25.4. The molecule has 194 valence electrons. The van der Waals surface area contributed by atoms with E-state index in [4.69, 9.17) is 11.6 Å². The molecule has 0 aliphatic heterocycles. The predicted octanol–water partition coefficient (Wildman–Crippen LogP) is 3.84. The number of fused-ring (bicyclic) bond motifs is 2. The molecule has 7 nitrogen and oxygen atoms in total. The number of amides is 2. The Bertz CT molecular complexity index is 1300. The van der Waals surface area contributed by atoms with Gasteiger partial charge in [0, 0.05) is 36.9 Å². The molecule has 0 saturated heterocycles. The highest BCUT2D eigenvalue weighted by atomic mass is 35.5. The molecule has 3 N–H and O–H groups in total. The summed E-state index contributed by atoms with van der Waals surface area (Å²) in [5.74, 6) is -6.56. The predicted molar refractivity (Wildman–Crippen MR) is 126 cm³/mol. The summed E-state index contributed by atoms with van der Waals surface area (Å²) in [5.41, 5.74) is -1.69. The van der Waals surface area contributed by atoms with Crippen molar-refractivity contribution >= 4 is 38.9 Å². The Labute approximate surface area is 210 Å². The Kier molecular flexibility index (Phi) is 7.11. The second-order valence-corrected chi connectivity index (χ2v) is 12.0. The summed E-state index contributed by atoms with van der Waals surface area (Å²) in [6.07, 6.45) is 1.53. The molecule has 0 aromatic heterocycles. The molecule has 2 unspecified atom stereocenters. The van der Waals surface area contributed by atoms with E-state index in [-0.39, 0.29) is 58.3 Å². The van der Waals surface area contributed by atoms with E-state index in [1.807, 2.05) is 0 Å². The van der Waals surface area contributed by atoms with Crippen LogP contribution in [0.15, 0.2) is 35.2 Å². The fraction of sp³-hybridized carbons (Fsp3) is 0.417. The number of anilines is 1. The van der Waals surface area contributed by atoms with Crippen LogP contribution in [0.3, 0.4) is 0 Å². The van der Waals surface area contributed by atoms with Crippen LogP contribution in [0.5, 0.6) is 0 Å². The van der Waals surface area contributed by atoms with Gasteiger partial charge in [0.2, 0.25) is 5.91 Å². The fourth-order valence-corrected chi connectivity index (χ4v) is 8.26. The first-order chi connectivity index (χ1) is 16.8. The van der Waals surface area contributed by atoms with Crippen LogP contribution in [0.4, 0.5) is 18.9 Å². The van der Waals surface area contributed by atoms with E-state index in [9.17, 15) is 36.3 Å². The van der Waals surface area contributed by atoms with E-state index in [1.165, 1.54) is 19.1 Å². The van der Waals surface area contributed by atoms with Gasteiger partial charge in [0.05, 0.1) is 20.8 Å². The van der Waals surface area contributed by atoms with Gasteiger partial charge < -0.3 is 15.7 Å². The number of benzene rings is 2. The van der Waals surface area contributed by atoms with E-state index >= 15 is 0 Å². The van der Waals surface area contributed by atoms with Crippen molar-refractivity contribution in [1.29, 1.82) is 0 Å². The highest BCUT2D eigenvalue weighted by Crippen LogP contribution is 2.51. The van der Waals surface area contributed by atoms with Crippen LogP contribution < -0.4 is 10.6 Å². The maximum absolute atomic E-state index is 13.7. The summed E-state index contributed by atoms with van der Waals surface area (Å²) in [6, 6.07) is 4.81. The van der Waals surface area contributed by atoms with Gasteiger partial charge in [0.25, 0.3) is 5.91 Å². The molecule has 0 heterocycles. The zero-order chi connectivity index (χ0) is 26.4. The van der Waals surface area contributed by atoms with Crippen molar-refractivity contribution < 1.29 is 36.3 Å². The summed E-state index contributed by atoms with van der Waals surface area (Å²) in [7, 11) is -4.04. The van der Waals surface area contributed by atoms with Crippen LogP contribution in [0.2, 0.25) is 5.02 Å². The summed E-state index contributed by atoms with van der Waals surface area (Å²) >= 11 is 6.23. The maximum Gasteiger partial charge on any atom is 0.255 e. The monoisotopic (exact) mass is 544 g/mol. The summed E-state index contributed by atoms with van der Waals surface area (Å²) in [5, 5.41) is 14.9. The molecule has 36 heavy (non-hydrogen) atoms. The zero-order valence-corrected chi connectivity index (χ0v) is 20.7. The molecular formula is C24H24ClF3N2O5S. The van der Waals surface area contributed by atoms with Crippen molar-refractivity contribution in [3.63, 3.8) is 0 Å². The number of hydrogen-bond donors (Lipinski definition) is 3. The summed E-state index contributed by atoms with van der Waals surface area (Å²) in [4.78, 5) is 23.7. The van der Waals surface area contributed by atoms with Gasteiger partial charge in [-0.15, -0.1) is 0 Å². The second-order valence-electron chi connectivity index (χ2n) is 9.50. The van der Waals surface area contributed by atoms with Crippen molar-refractivity contribution in [3.8, 4) is 0 Å². The van der Waals surface area contributed by atoms with Gasteiger partial charge in [-0.1, -0.05) is 11.6 Å². The lowest BCUT2D eigenvalue weighted by atomic mass is 9.77. The van der Waals surface area contributed by atoms with Crippen LogP contribution in [-0.4, -0.2) is 42.7 Å². The van der Waals surface area contributed by atoms with E-state index in [1.54, 1.807) is 0 Å². The number of aliphatic hydroxyl groups is 1. The molecule has 2 aliphatic carbocycles. The lowest BCUT2D eigenvalue weighted by molar-refractivity contribution is -0.121. The molecule has 0 spiro atoms. The molecule has 2 bridgehead atoms. The largest absolute Gasteiger partial charge is 0.388 e. The topological polar surface area (TPSA) is 113 Å². The number of halogens is 4. The standard InChI is InChI=1S/C24H24ClF3N2O5S/c1-12(31)29-11-24(33)9-14-2-3-15(10-24)22(14)36(34,35)20-6-13(4-5-17(20)25)23(32)30-16-7-18(26)21(28)19(27)8-16/h4-8,14-15,22,33H,2-3,9-11H2,1H3,(H,29,31)(H,30,32)/t14?,15?,22-,24+. The third-order valence-corrected chi connectivity index (χ3v) is 9.77. The van der Waals surface area contributed by atoms with Crippen molar-refractivity contribution in [2.75, 3.05) is 11.9 Å². The Hall–Kier alpha value is -2.63. The lowest BCUT2D eigenvalue weighted by Gasteiger charge is -2.41. The van der Waals surface area contributed by atoms with Gasteiger partial charge in [-0.25, -0.2) is 21.6 Å². The van der Waals surface area contributed by atoms with E-state index in [0.717, 1.165) is 6.07 Å². The molecule has 0 radical (unpaired) electrons. The van der Waals surface area contributed by atoms with E-state index in [0.29, 0.717) is 25.0 Å². The summed E-state index contributed by atoms with van der Waals surface area (Å²) in [6.45, 7) is 1.37. The molecule has 2 fully saturated rings. The number of carbonyl (C=O) groups is 2. The average molecular weight is 545 g/mol. The van der Waals surface area contributed by atoms with Gasteiger partial charge in [0.1, 0.15) is 0 Å². The fourth-order valence-electron chi connectivity index (χ4n) is 5.42. The van der Waals surface area contributed by atoms with E-state index < -0.39 is 44.0 Å². The van der Waals surface area contributed by atoms with Gasteiger partial charge in [-0.05, 0) is 55.7 Å². The first kappa shape index (κ1) is 26.4. The summed E-state index contributed by atoms with van der Waals surface area (Å²) < 4.78 is 67.6. The molecule has 4 rings (SSSR count). The third kappa shape index (κ3) is 5.09. The zero-order valence-electron chi connectivity index (χ0n) is 19.2. The van der Waals surface area contributed by atoms with Crippen LogP contribution in [0.1, 0.15) is 43.0 Å².